The predicted molar refractivity (Wildman–Crippen MR) is 45.6 cm³/mol. The van der Waals surface area contributed by atoms with Crippen LogP contribution in [0, 0.1) is 0 Å². The predicted octanol–water partition coefficient (Wildman–Crippen LogP) is -0.419. The molecule has 0 spiro atoms. The maximum Gasteiger partial charge on any atom is 0.249 e. The maximum absolute atomic E-state index is 11.4. The molecule has 1 aliphatic rings. The monoisotopic (exact) mass is 172 g/mol. The molecule has 1 heterocycles. The van der Waals surface area contributed by atoms with Crippen LogP contribution in [0.3, 0.4) is 0 Å². The average molecular weight is 172 g/mol. The van der Waals surface area contributed by atoms with Crippen molar-refractivity contribution < 1.29 is 9.53 Å². The van der Waals surface area contributed by atoms with Crippen molar-refractivity contribution in [3.05, 3.63) is 0 Å². The van der Waals surface area contributed by atoms with Gasteiger partial charge in [-0.2, -0.15) is 0 Å². The van der Waals surface area contributed by atoms with Gasteiger partial charge in [-0.1, -0.05) is 0 Å². The first kappa shape index (κ1) is 9.48. The molecule has 1 aliphatic heterocycles. The molecule has 12 heavy (non-hydrogen) atoms. The van der Waals surface area contributed by atoms with E-state index in [0.717, 1.165) is 0 Å². The zero-order chi connectivity index (χ0) is 9.14. The molecule has 4 nitrogen and oxygen atoms in total. The summed E-state index contributed by atoms with van der Waals surface area (Å²) in [5.41, 5.74) is 5.52. The number of hydrogen-bond donors (Lipinski definition) is 1. The molecule has 0 saturated carbocycles. The fourth-order valence-electron chi connectivity index (χ4n) is 1.53. The number of ether oxygens (including phenoxy) is 1. The minimum atomic E-state index is 0.0479. The normalized spacial score (nSPS) is 25.2. The molecule has 1 saturated heterocycles. The summed E-state index contributed by atoms with van der Waals surface area (Å²) in [6.45, 7) is 5.23. The SMILES string of the molecule is CC(C)N1C(=O)COCC1CN. The van der Waals surface area contributed by atoms with Crippen molar-refractivity contribution in [1.82, 2.24) is 4.90 Å². The molecule has 1 amide bonds. The Hall–Kier alpha value is -0.610. The summed E-state index contributed by atoms with van der Waals surface area (Å²) in [6, 6.07) is 0.279. The molecule has 70 valence electrons. The van der Waals surface area contributed by atoms with Crippen LogP contribution in [0.5, 0.6) is 0 Å². The average Bonchev–Trinajstić information content (AvgIpc) is 2.03. The fraction of sp³-hybridized carbons (Fsp3) is 0.875. The van der Waals surface area contributed by atoms with Gasteiger partial charge in [0, 0.05) is 12.6 Å². The van der Waals surface area contributed by atoms with Gasteiger partial charge in [0.05, 0.1) is 12.6 Å². The van der Waals surface area contributed by atoms with E-state index in [1.165, 1.54) is 0 Å². The first-order valence-corrected chi connectivity index (χ1v) is 4.25. The standard InChI is InChI=1S/C8H16N2O2/c1-6(2)10-7(3-9)4-12-5-8(10)11/h6-7H,3-5,9H2,1-2H3. The molecule has 1 rings (SSSR count). The summed E-state index contributed by atoms with van der Waals surface area (Å²) in [4.78, 5) is 13.2. The molecule has 1 unspecified atom stereocenters. The summed E-state index contributed by atoms with van der Waals surface area (Å²) in [5, 5.41) is 0. The van der Waals surface area contributed by atoms with Gasteiger partial charge in [-0.05, 0) is 13.8 Å². The van der Waals surface area contributed by atoms with Crippen LogP contribution in [0.4, 0.5) is 0 Å². The molecule has 0 radical (unpaired) electrons. The topological polar surface area (TPSA) is 55.6 Å². The lowest BCUT2D eigenvalue weighted by Gasteiger charge is -2.37. The zero-order valence-electron chi connectivity index (χ0n) is 7.62. The van der Waals surface area contributed by atoms with Gasteiger partial charge in [-0.25, -0.2) is 0 Å². The third kappa shape index (κ3) is 1.76. The Bertz CT molecular complexity index is 170. The first-order valence-electron chi connectivity index (χ1n) is 4.25. The Labute approximate surface area is 72.7 Å². The Kier molecular flexibility index (Phi) is 3.05. The number of morpholine rings is 1. The highest BCUT2D eigenvalue weighted by Gasteiger charge is 2.29. The number of nitrogens with two attached hydrogens (primary N) is 1. The van der Waals surface area contributed by atoms with E-state index < -0.39 is 0 Å². The number of carbonyl (C=O) groups excluding carboxylic acids is 1. The van der Waals surface area contributed by atoms with Gasteiger partial charge < -0.3 is 15.4 Å². The van der Waals surface area contributed by atoms with E-state index in [1.54, 1.807) is 0 Å². The van der Waals surface area contributed by atoms with Crippen LogP contribution in [0.2, 0.25) is 0 Å². The second-order valence-corrected chi connectivity index (χ2v) is 3.30. The van der Waals surface area contributed by atoms with E-state index in [0.29, 0.717) is 13.2 Å². The summed E-state index contributed by atoms with van der Waals surface area (Å²) >= 11 is 0. The van der Waals surface area contributed by atoms with Crippen molar-refractivity contribution >= 4 is 5.91 Å². The van der Waals surface area contributed by atoms with Crippen LogP contribution in [0.25, 0.3) is 0 Å². The molecule has 2 N–H and O–H groups in total. The maximum atomic E-state index is 11.4. The van der Waals surface area contributed by atoms with Gasteiger partial charge in [0.1, 0.15) is 6.61 Å². The minimum Gasteiger partial charge on any atom is -0.369 e. The molecular weight excluding hydrogens is 156 g/mol. The molecule has 0 aromatic carbocycles. The Morgan fingerprint density at radius 1 is 1.75 bits per heavy atom. The highest BCUT2D eigenvalue weighted by atomic mass is 16.5. The second kappa shape index (κ2) is 3.87. The molecule has 0 aromatic heterocycles. The van der Waals surface area contributed by atoms with Gasteiger partial charge in [0.25, 0.3) is 0 Å². The lowest BCUT2D eigenvalue weighted by molar-refractivity contribution is -0.150. The van der Waals surface area contributed by atoms with Crippen molar-refractivity contribution in [2.75, 3.05) is 19.8 Å². The molecule has 1 atom stereocenters. The quantitative estimate of drug-likeness (QED) is 0.615. The van der Waals surface area contributed by atoms with Crippen molar-refractivity contribution in [2.45, 2.75) is 25.9 Å². The van der Waals surface area contributed by atoms with Crippen LogP contribution in [-0.4, -0.2) is 42.6 Å². The summed E-state index contributed by atoms with van der Waals surface area (Å²) in [5.74, 6) is 0.0479. The third-order valence-corrected chi connectivity index (χ3v) is 2.05. The highest BCUT2D eigenvalue weighted by molar-refractivity contribution is 5.78. The molecule has 0 aromatic rings. The summed E-state index contributed by atoms with van der Waals surface area (Å²) in [6.07, 6.45) is 0. The molecule has 1 fully saturated rings. The molecule has 0 aliphatic carbocycles. The Balaban J connectivity index is 2.66. The Morgan fingerprint density at radius 2 is 2.42 bits per heavy atom. The lowest BCUT2D eigenvalue weighted by Crippen LogP contribution is -2.55. The lowest BCUT2D eigenvalue weighted by atomic mass is 10.2. The van der Waals surface area contributed by atoms with Crippen LogP contribution in [0.15, 0.2) is 0 Å². The number of hydrogen-bond acceptors (Lipinski definition) is 3. The van der Waals surface area contributed by atoms with E-state index in [9.17, 15) is 4.79 Å². The van der Waals surface area contributed by atoms with E-state index in [4.69, 9.17) is 10.5 Å². The highest BCUT2D eigenvalue weighted by Crippen LogP contribution is 2.10. The van der Waals surface area contributed by atoms with E-state index in [1.807, 2.05) is 18.7 Å². The van der Waals surface area contributed by atoms with Gasteiger partial charge in [0.2, 0.25) is 5.91 Å². The van der Waals surface area contributed by atoms with E-state index in [2.05, 4.69) is 0 Å². The van der Waals surface area contributed by atoms with Crippen molar-refractivity contribution in [2.24, 2.45) is 5.73 Å². The minimum absolute atomic E-state index is 0.0479. The first-order chi connectivity index (χ1) is 5.66. The fourth-order valence-corrected chi connectivity index (χ4v) is 1.53. The van der Waals surface area contributed by atoms with Crippen LogP contribution in [0.1, 0.15) is 13.8 Å². The second-order valence-electron chi connectivity index (χ2n) is 3.30. The summed E-state index contributed by atoms with van der Waals surface area (Å²) < 4.78 is 5.09. The zero-order valence-corrected chi connectivity index (χ0v) is 7.62. The number of amides is 1. The van der Waals surface area contributed by atoms with Crippen LogP contribution < -0.4 is 5.73 Å². The van der Waals surface area contributed by atoms with Crippen molar-refractivity contribution in [1.29, 1.82) is 0 Å². The van der Waals surface area contributed by atoms with Gasteiger partial charge in [0.15, 0.2) is 0 Å². The number of carbonyl (C=O) groups is 1. The van der Waals surface area contributed by atoms with Gasteiger partial charge >= 0.3 is 0 Å². The van der Waals surface area contributed by atoms with E-state index >= 15 is 0 Å². The van der Waals surface area contributed by atoms with Crippen LogP contribution in [-0.2, 0) is 9.53 Å². The largest absolute Gasteiger partial charge is 0.369 e. The summed E-state index contributed by atoms with van der Waals surface area (Å²) in [7, 11) is 0. The van der Waals surface area contributed by atoms with Crippen molar-refractivity contribution in [3.8, 4) is 0 Å². The molecular formula is C8H16N2O2. The van der Waals surface area contributed by atoms with E-state index in [-0.39, 0.29) is 24.6 Å². The smallest absolute Gasteiger partial charge is 0.249 e. The number of rotatable bonds is 2. The van der Waals surface area contributed by atoms with Gasteiger partial charge in [-0.15, -0.1) is 0 Å². The van der Waals surface area contributed by atoms with Crippen LogP contribution >= 0.6 is 0 Å². The van der Waals surface area contributed by atoms with Gasteiger partial charge in [-0.3, -0.25) is 4.79 Å². The molecule has 0 bridgehead atoms. The van der Waals surface area contributed by atoms with Crippen molar-refractivity contribution in [3.63, 3.8) is 0 Å². The molecule has 4 heteroatoms. The number of nitrogens with zero attached hydrogens (tertiary/aromatic N) is 1. The Morgan fingerprint density at radius 3 is 2.83 bits per heavy atom. The third-order valence-electron chi connectivity index (χ3n) is 2.05.